The molecule has 1 atom stereocenters. The summed E-state index contributed by atoms with van der Waals surface area (Å²) >= 11 is 12.6. The molecule has 6 nitrogen and oxygen atoms in total. The second kappa shape index (κ2) is 5.88. The van der Waals surface area contributed by atoms with E-state index in [2.05, 4.69) is 36.8 Å². The van der Waals surface area contributed by atoms with Crippen molar-refractivity contribution in [2.24, 2.45) is 11.1 Å². The molecule has 1 amide bonds. The van der Waals surface area contributed by atoms with E-state index in [0.717, 1.165) is 0 Å². The Morgan fingerprint density at radius 3 is 2.75 bits per heavy atom. The molecule has 0 spiro atoms. The Kier molecular flexibility index (Phi) is 4.75. The van der Waals surface area contributed by atoms with Crippen LogP contribution in [0.25, 0.3) is 0 Å². The van der Waals surface area contributed by atoms with Crippen LogP contribution in [0.3, 0.4) is 0 Å². The standard InChI is InChI=1S/C10H10Br2ClN3O3S/c11-6-2-15-10(8(12)9(6)13)16-3-5(1-7(16)17)4-20(14,18)19/h2,5H,1,3-4H2,(H2,14,18,19). The van der Waals surface area contributed by atoms with Crippen LogP contribution in [0, 0.1) is 5.92 Å². The third kappa shape index (κ3) is 3.51. The SMILES string of the molecule is NS(=O)(=O)CC1CC(=O)N(c2ncc(Br)c(Cl)c2Br)C1. The first kappa shape index (κ1) is 16.2. The molecule has 1 unspecified atom stereocenters. The van der Waals surface area contributed by atoms with Crippen LogP contribution in [0.4, 0.5) is 5.82 Å². The predicted octanol–water partition coefficient (Wildman–Crippen LogP) is 1.90. The third-order valence-corrected chi connectivity index (χ3v) is 5.97. The predicted molar refractivity (Wildman–Crippen MR) is 83.1 cm³/mol. The zero-order valence-electron chi connectivity index (χ0n) is 10.0. The molecular weight excluding hydrogens is 437 g/mol. The van der Waals surface area contributed by atoms with Crippen LogP contribution >= 0.6 is 43.5 Å². The molecule has 1 aliphatic rings. The van der Waals surface area contributed by atoms with Gasteiger partial charge in [0.05, 0.1) is 19.7 Å². The lowest BCUT2D eigenvalue weighted by Gasteiger charge is -2.18. The fraction of sp³-hybridized carbons (Fsp3) is 0.400. The normalized spacial score (nSPS) is 19.7. The van der Waals surface area contributed by atoms with Crippen molar-refractivity contribution in [1.29, 1.82) is 0 Å². The number of pyridine rings is 1. The highest BCUT2D eigenvalue weighted by Gasteiger charge is 2.34. The Labute approximate surface area is 138 Å². The summed E-state index contributed by atoms with van der Waals surface area (Å²) < 4.78 is 23.3. The number of hydrogen-bond donors (Lipinski definition) is 1. The minimum atomic E-state index is -3.61. The maximum atomic E-state index is 12.0. The zero-order chi connectivity index (χ0) is 15.1. The van der Waals surface area contributed by atoms with E-state index in [1.165, 1.54) is 11.1 Å². The largest absolute Gasteiger partial charge is 0.296 e. The highest BCUT2D eigenvalue weighted by Crippen LogP contribution is 2.38. The molecule has 1 aliphatic heterocycles. The van der Waals surface area contributed by atoms with E-state index in [9.17, 15) is 13.2 Å². The minimum absolute atomic E-state index is 0.123. The Morgan fingerprint density at radius 2 is 2.15 bits per heavy atom. The van der Waals surface area contributed by atoms with Gasteiger partial charge in [0.1, 0.15) is 0 Å². The van der Waals surface area contributed by atoms with Gasteiger partial charge in [0, 0.05) is 25.1 Å². The molecule has 0 aliphatic carbocycles. The number of amides is 1. The average molecular weight is 448 g/mol. The molecule has 0 radical (unpaired) electrons. The van der Waals surface area contributed by atoms with E-state index in [-0.39, 0.29) is 30.5 Å². The monoisotopic (exact) mass is 445 g/mol. The van der Waals surface area contributed by atoms with Gasteiger partial charge in [-0.1, -0.05) is 11.6 Å². The third-order valence-electron chi connectivity index (χ3n) is 2.83. The molecule has 10 heteroatoms. The Morgan fingerprint density at radius 1 is 1.50 bits per heavy atom. The number of primary sulfonamides is 1. The second-order valence-electron chi connectivity index (χ2n) is 4.46. The summed E-state index contributed by atoms with van der Waals surface area (Å²) in [5, 5.41) is 5.41. The van der Waals surface area contributed by atoms with Crippen molar-refractivity contribution in [3.05, 3.63) is 20.2 Å². The highest BCUT2D eigenvalue weighted by atomic mass is 79.9. The van der Waals surface area contributed by atoms with Gasteiger partial charge >= 0.3 is 0 Å². The molecule has 2 rings (SSSR count). The number of hydrogen-bond acceptors (Lipinski definition) is 4. The first-order valence-corrected chi connectivity index (χ1v) is 9.17. The quantitative estimate of drug-likeness (QED) is 0.766. The smallest absolute Gasteiger partial charge is 0.228 e. The number of halogens is 3. The number of carbonyl (C=O) groups excluding carboxylic acids is 1. The average Bonchev–Trinajstić information content (AvgIpc) is 2.65. The molecule has 1 saturated heterocycles. The number of nitrogens with two attached hydrogens (primary N) is 1. The van der Waals surface area contributed by atoms with Gasteiger partial charge in [0.15, 0.2) is 5.82 Å². The number of rotatable bonds is 3. The molecule has 2 N–H and O–H groups in total. The van der Waals surface area contributed by atoms with Gasteiger partial charge in [0.25, 0.3) is 0 Å². The zero-order valence-corrected chi connectivity index (χ0v) is 14.8. The molecule has 20 heavy (non-hydrogen) atoms. The van der Waals surface area contributed by atoms with E-state index in [0.29, 0.717) is 19.8 Å². The first-order valence-electron chi connectivity index (χ1n) is 5.49. The number of nitrogens with zero attached hydrogens (tertiary/aromatic N) is 2. The van der Waals surface area contributed by atoms with Crippen LogP contribution in [0.5, 0.6) is 0 Å². The summed E-state index contributed by atoms with van der Waals surface area (Å²) in [7, 11) is -3.61. The van der Waals surface area contributed by atoms with Crippen LogP contribution in [-0.2, 0) is 14.8 Å². The van der Waals surface area contributed by atoms with Gasteiger partial charge in [-0.3, -0.25) is 9.69 Å². The van der Waals surface area contributed by atoms with Crippen molar-refractivity contribution in [2.75, 3.05) is 17.2 Å². The lowest BCUT2D eigenvalue weighted by Crippen LogP contribution is -2.28. The maximum Gasteiger partial charge on any atom is 0.228 e. The van der Waals surface area contributed by atoms with Gasteiger partial charge in [-0.2, -0.15) is 0 Å². The van der Waals surface area contributed by atoms with Crippen molar-refractivity contribution < 1.29 is 13.2 Å². The minimum Gasteiger partial charge on any atom is -0.296 e. The summed E-state index contributed by atoms with van der Waals surface area (Å²) in [5.41, 5.74) is 0. The number of aromatic nitrogens is 1. The van der Waals surface area contributed by atoms with Crippen molar-refractivity contribution in [3.8, 4) is 0 Å². The van der Waals surface area contributed by atoms with Gasteiger partial charge in [0.2, 0.25) is 15.9 Å². The second-order valence-corrected chi connectivity index (χ2v) is 8.15. The fourth-order valence-electron chi connectivity index (χ4n) is 2.05. The van der Waals surface area contributed by atoms with Crippen molar-refractivity contribution >= 4 is 65.2 Å². The molecule has 110 valence electrons. The summed E-state index contributed by atoms with van der Waals surface area (Å²) in [4.78, 5) is 17.6. The van der Waals surface area contributed by atoms with E-state index in [1.54, 1.807) is 0 Å². The number of sulfonamides is 1. The topological polar surface area (TPSA) is 93.4 Å². The Bertz CT molecular complexity index is 668. The Balaban J connectivity index is 2.27. The molecule has 0 bridgehead atoms. The maximum absolute atomic E-state index is 12.0. The Hall–Kier alpha value is -0.220. The molecule has 1 fully saturated rings. The van der Waals surface area contributed by atoms with Crippen molar-refractivity contribution in [3.63, 3.8) is 0 Å². The lowest BCUT2D eigenvalue weighted by atomic mass is 10.1. The summed E-state index contributed by atoms with van der Waals surface area (Å²) in [6.07, 6.45) is 1.61. The van der Waals surface area contributed by atoms with E-state index in [4.69, 9.17) is 16.7 Å². The van der Waals surface area contributed by atoms with Gasteiger partial charge in [-0.25, -0.2) is 18.5 Å². The summed E-state index contributed by atoms with van der Waals surface area (Å²) in [6, 6.07) is 0. The number of anilines is 1. The fourth-order valence-corrected chi connectivity index (χ4v) is 4.16. The van der Waals surface area contributed by atoms with Crippen molar-refractivity contribution in [1.82, 2.24) is 4.98 Å². The highest BCUT2D eigenvalue weighted by molar-refractivity contribution is 9.11. The molecule has 0 aromatic carbocycles. The summed E-state index contributed by atoms with van der Waals surface area (Å²) in [6.45, 7) is 0.249. The molecular formula is C10H10Br2ClN3O3S. The summed E-state index contributed by atoms with van der Waals surface area (Å²) in [5.74, 6) is -0.393. The van der Waals surface area contributed by atoms with Crippen LogP contribution in [-0.4, -0.2) is 31.6 Å². The van der Waals surface area contributed by atoms with Crippen LogP contribution < -0.4 is 10.0 Å². The van der Waals surface area contributed by atoms with Crippen LogP contribution in [0.1, 0.15) is 6.42 Å². The molecule has 2 heterocycles. The van der Waals surface area contributed by atoms with Gasteiger partial charge in [-0.05, 0) is 31.9 Å². The van der Waals surface area contributed by atoms with E-state index in [1.807, 2.05) is 0 Å². The van der Waals surface area contributed by atoms with E-state index >= 15 is 0 Å². The van der Waals surface area contributed by atoms with Crippen LogP contribution in [0.15, 0.2) is 15.1 Å². The van der Waals surface area contributed by atoms with Gasteiger partial charge in [-0.15, -0.1) is 0 Å². The van der Waals surface area contributed by atoms with Gasteiger partial charge < -0.3 is 0 Å². The van der Waals surface area contributed by atoms with Crippen LogP contribution in [0.2, 0.25) is 5.02 Å². The van der Waals surface area contributed by atoms with Crippen molar-refractivity contribution in [2.45, 2.75) is 6.42 Å². The molecule has 0 saturated carbocycles. The molecule has 1 aromatic heterocycles. The molecule has 1 aromatic rings. The van der Waals surface area contributed by atoms with E-state index < -0.39 is 10.0 Å². The first-order chi connectivity index (χ1) is 9.19. The lowest BCUT2D eigenvalue weighted by molar-refractivity contribution is -0.117. The number of carbonyl (C=O) groups is 1.